The Balaban J connectivity index is 1.39. The fourth-order valence-electron chi connectivity index (χ4n) is 5.50. The standard InChI is InChI=1S/C31H31F2N3O4/c32-22-15-19(16-23(33)18-22)17-26(37)35-27(20-9-3-1-4-10-20)30(38)36-28-29(21-11-5-2-6-12-21)40-25-14-8-7-13-24(25)34-31(28)39/h2,5-8,11-16,18,20,27-29H,1,3-4,9-10,17H2,(H,34,39)(H,35,37)(H,36,38)/t27-,28-,29+/m0/s1. The largest absolute Gasteiger partial charge is 0.481 e. The molecule has 3 aromatic rings. The van der Waals surface area contributed by atoms with Crippen LogP contribution < -0.4 is 20.7 Å². The summed E-state index contributed by atoms with van der Waals surface area (Å²) in [5.41, 5.74) is 1.35. The molecule has 0 saturated heterocycles. The number of para-hydroxylation sites is 2. The fourth-order valence-corrected chi connectivity index (χ4v) is 5.50. The van der Waals surface area contributed by atoms with Gasteiger partial charge in [0.1, 0.15) is 29.5 Å². The molecule has 1 saturated carbocycles. The van der Waals surface area contributed by atoms with Gasteiger partial charge in [0.15, 0.2) is 6.10 Å². The molecule has 0 unspecified atom stereocenters. The molecule has 0 radical (unpaired) electrons. The number of ether oxygens (including phenoxy) is 1. The van der Waals surface area contributed by atoms with Gasteiger partial charge in [0, 0.05) is 6.07 Å². The average molecular weight is 548 g/mol. The number of amides is 3. The van der Waals surface area contributed by atoms with E-state index in [0.29, 0.717) is 17.0 Å². The van der Waals surface area contributed by atoms with Crippen LogP contribution in [0.5, 0.6) is 5.75 Å². The molecule has 3 N–H and O–H groups in total. The minimum absolute atomic E-state index is 0.149. The summed E-state index contributed by atoms with van der Waals surface area (Å²) in [6.07, 6.45) is 3.20. The summed E-state index contributed by atoms with van der Waals surface area (Å²) >= 11 is 0. The Hall–Kier alpha value is -4.27. The topological polar surface area (TPSA) is 96.5 Å². The molecule has 3 aromatic carbocycles. The first-order chi connectivity index (χ1) is 19.4. The van der Waals surface area contributed by atoms with Crippen molar-refractivity contribution in [3.63, 3.8) is 0 Å². The molecule has 5 rings (SSSR count). The van der Waals surface area contributed by atoms with Crippen molar-refractivity contribution in [3.8, 4) is 5.75 Å². The normalized spacial score (nSPS) is 19.8. The van der Waals surface area contributed by atoms with Crippen molar-refractivity contribution >= 4 is 23.4 Å². The third-order valence-electron chi connectivity index (χ3n) is 7.42. The number of anilines is 1. The second-order valence-corrected chi connectivity index (χ2v) is 10.3. The van der Waals surface area contributed by atoms with Crippen LogP contribution in [-0.2, 0) is 20.8 Å². The maximum Gasteiger partial charge on any atom is 0.251 e. The predicted octanol–water partition coefficient (Wildman–Crippen LogP) is 4.83. The summed E-state index contributed by atoms with van der Waals surface area (Å²) in [5, 5.41) is 8.51. The van der Waals surface area contributed by atoms with Gasteiger partial charge in [0.25, 0.3) is 5.91 Å². The summed E-state index contributed by atoms with van der Waals surface area (Å²) in [7, 11) is 0. The number of hydrogen-bond donors (Lipinski definition) is 3. The van der Waals surface area contributed by atoms with E-state index >= 15 is 0 Å². The Bertz CT molecular complexity index is 1360. The van der Waals surface area contributed by atoms with Crippen LogP contribution in [0.1, 0.15) is 49.3 Å². The smallest absolute Gasteiger partial charge is 0.251 e. The molecule has 1 fully saturated rings. The quantitative estimate of drug-likeness (QED) is 0.395. The maximum atomic E-state index is 13.8. The van der Waals surface area contributed by atoms with Gasteiger partial charge in [-0.25, -0.2) is 8.78 Å². The van der Waals surface area contributed by atoms with E-state index in [-0.39, 0.29) is 17.9 Å². The summed E-state index contributed by atoms with van der Waals surface area (Å²) in [5.74, 6) is -2.74. The van der Waals surface area contributed by atoms with Crippen LogP contribution in [0.3, 0.4) is 0 Å². The second kappa shape index (κ2) is 12.3. The highest BCUT2D eigenvalue weighted by Crippen LogP contribution is 2.35. The molecule has 9 heteroatoms. The molecular weight excluding hydrogens is 516 g/mol. The summed E-state index contributed by atoms with van der Waals surface area (Å²) in [6, 6.07) is 17.1. The van der Waals surface area contributed by atoms with Gasteiger partial charge < -0.3 is 20.7 Å². The molecule has 7 nitrogen and oxygen atoms in total. The number of hydrogen-bond acceptors (Lipinski definition) is 4. The van der Waals surface area contributed by atoms with Crippen LogP contribution in [0.2, 0.25) is 0 Å². The van der Waals surface area contributed by atoms with E-state index in [1.807, 2.05) is 30.3 Å². The lowest BCUT2D eigenvalue weighted by Crippen LogP contribution is -2.57. The lowest BCUT2D eigenvalue weighted by atomic mass is 9.83. The maximum absolute atomic E-state index is 13.8. The highest BCUT2D eigenvalue weighted by atomic mass is 19.1. The first kappa shape index (κ1) is 27.3. The number of rotatable bonds is 7. The van der Waals surface area contributed by atoms with Gasteiger partial charge in [-0.1, -0.05) is 61.7 Å². The molecule has 1 aliphatic heterocycles. The number of fused-ring (bicyclic) bond motifs is 1. The zero-order valence-corrected chi connectivity index (χ0v) is 21.9. The van der Waals surface area contributed by atoms with E-state index in [1.54, 1.807) is 24.3 Å². The van der Waals surface area contributed by atoms with Gasteiger partial charge in [-0.2, -0.15) is 0 Å². The first-order valence-electron chi connectivity index (χ1n) is 13.5. The molecule has 3 atom stereocenters. The zero-order valence-electron chi connectivity index (χ0n) is 21.9. The van der Waals surface area contributed by atoms with Crippen LogP contribution in [-0.4, -0.2) is 29.8 Å². The number of carbonyl (C=O) groups excluding carboxylic acids is 3. The lowest BCUT2D eigenvalue weighted by molar-refractivity contribution is -0.133. The van der Waals surface area contributed by atoms with E-state index < -0.39 is 47.5 Å². The Morgan fingerprint density at radius 3 is 2.33 bits per heavy atom. The zero-order chi connectivity index (χ0) is 28.1. The van der Waals surface area contributed by atoms with Gasteiger partial charge in [0.05, 0.1) is 12.1 Å². The minimum Gasteiger partial charge on any atom is -0.481 e. The van der Waals surface area contributed by atoms with Gasteiger partial charge in [0.2, 0.25) is 11.8 Å². The number of nitrogens with one attached hydrogen (secondary N) is 3. The van der Waals surface area contributed by atoms with Crippen molar-refractivity contribution in [1.29, 1.82) is 0 Å². The molecule has 0 aromatic heterocycles. The fraction of sp³-hybridized carbons (Fsp3) is 0.323. The van der Waals surface area contributed by atoms with E-state index in [4.69, 9.17) is 4.74 Å². The van der Waals surface area contributed by atoms with Gasteiger partial charge in [-0.15, -0.1) is 0 Å². The summed E-state index contributed by atoms with van der Waals surface area (Å²) < 4.78 is 33.6. The van der Waals surface area contributed by atoms with E-state index in [1.165, 1.54) is 0 Å². The summed E-state index contributed by atoms with van der Waals surface area (Å²) in [6.45, 7) is 0. The van der Waals surface area contributed by atoms with Crippen LogP contribution in [0, 0.1) is 17.6 Å². The first-order valence-corrected chi connectivity index (χ1v) is 13.5. The van der Waals surface area contributed by atoms with Gasteiger partial charge >= 0.3 is 0 Å². The molecule has 208 valence electrons. The number of carbonyl (C=O) groups is 3. The molecule has 2 aliphatic rings. The Labute approximate surface area is 231 Å². The molecule has 40 heavy (non-hydrogen) atoms. The van der Waals surface area contributed by atoms with Crippen molar-refractivity contribution < 1.29 is 27.9 Å². The Morgan fingerprint density at radius 2 is 1.60 bits per heavy atom. The third-order valence-corrected chi connectivity index (χ3v) is 7.42. The average Bonchev–Trinajstić information content (AvgIpc) is 3.08. The van der Waals surface area contributed by atoms with Gasteiger partial charge in [-0.3, -0.25) is 14.4 Å². The number of halogens is 2. The van der Waals surface area contributed by atoms with Crippen LogP contribution >= 0.6 is 0 Å². The van der Waals surface area contributed by atoms with Crippen LogP contribution in [0.15, 0.2) is 72.8 Å². The highest BCUT2D eigenvalue weighted by molar-refractivity contribution is 6.00. The van der Waals surface area contributed by atoms with E-state index in [9.17, 15) is 23.2 Å². The molecular formula is C31H31F2N3O4. The molecule has 3 amide bonds. The SMILES string of the molecule is O=C(Cc1cc(F)cc(F)c1)N[C@H](C(=O)N[C@@H]1C(=O)Nc2ccccc2O[C@@H]1c1ccccc1)C1CCCCC1. The Kier molecular flexibility index (Phi) is 8.38. The molecule has 1 heterocycles. The lowest BCUT2D eigenvalue weighted by Gasteiger charge is -2.32. The second-order valence-electron chi connectivity index (χ2n) is 10.3. The molecule has 1 aliphatic carbocycles. The van der Waals surface area contributed by atoms with Crippen LogP contribution in [0.25, 0.3) is 0 Å². The monoisotopic (exact) mass is 547 g/mol. The van der Waals surface area contributed by atoms with E-state index in [2.05, 4.69) is 16.0 Å². The van der Waals surface area contributed by atoms with Crippen LogP contribution in [0.4, 0.5) is 14.5 Å². The van der Waals surface area contributed by atoms with Crippen molar-refractivity contribution in [3.05, 3.63) is 95.6 Å². The van der Waals surface area contributed by atoms with Crippen molar-refractivity contribution in [2.75, 3.05) is 5.32 Å². The molecule has 0 bridgehead atoms. The predicted molar refractivity (Wildman–Crippen MR) is 145 cm³/mol. The third kappa shape index (κ3) is 6.47. The minimum atomic E-state index is -1.09. The summed E-state index contributed by atoms with van der Waals surface area (Å²) in [4.78, 5) is 40.3. The number of benzene rings is 3. The van der Waals surface area contributed by atoms with E-state index in [0.717, 1.165) is 50.3 Å². The highest BCUT2D eigenvalue weighted by Gasteiger charge is 2.39. The Morgan fingerprint density at radius 1 is 0.925 bits per heavy atom. The van der Waals surface area contributed by atoms with Gasteiger partial charge in [-0.05, 0) is 54.2 Å². The van der Waals surface area contributed by atoms with Crippen molar-refractivity contribution in [2.45, 2.75) is 56.7 Å². The van der Waals surface area contributed by atoms with Crippen molar-refractivity contribution in [1.82, 2.24) is 10.6 Å². The molecule has 0 spiro atoms. The van der Waals surface area contributed by atoms with Crippen molar-refractivity contribution in [2.24, 2.45) is 5.92 Å².